The molecule has 7 heteroatoms. The number of nitrogens with zero attached hydrogens (tertiary/aromatic N) is 3. The third-order valence-corrected chi connectivity index (χ3v) is 3.63. The van der Waals surface area contributed by atoms with E-state index in [1.54, 1.807) is 18.4 Å². The highest BCUT2D eigenvalue weighted by Gasteiger charge is 2.13. The second-order valence-electron chi connectivity index (χ2n) is 4.41. The first-order valence-corrected chi connectivity index (χ1v) is 6.93. The Morgan fingerprint density at radius 2 is 2.33 bits per heavy atom. The van der Waals surface area contributed by atoms with Crippen molar-refractivity contribution in [3.63, 3.8) is 0 Å². The van der Waals surface area contributed by atoms with Crippen LogP contribution in [0.4, 0.5) is 0 Å². The van der Waals surface area contributed by atoms with E-state index in [4.69, 9.17) is 17.0 Å². The van der Waals surface area contributed by atoms with Crippen LogP contribution < -0.4 is 0 Å². The Balaban J connectivity index is 2.34. The summed E-state index contributed by atoms with van der Waals surface area (Å²) in [5.74, 6) is 1.37. The first-order chi connectivity index (χ1) is 8.61. The van der Waals surface area contributed by atoms with Crippen LogP contribution in [0.2, 0.25) is 0 Å². The average Bonchev–Trinajstić information content (AvgIpc) is 2.88. The van der Waals surface area contributed by atoms with Gasteiger partial charge in [-0.15, -0.1) is 11.3 Å². The lowest BCUT2D eigenvalue weighted by atomic mass is 10.2. The molecule has 0 aliphatic heterocycles. The van der Waals surface area contributed by atoms with E-state index in [1.165, 1.54) is 0 Å². The van der Waals surface area contributed by atoms with Gasteiger partial charge in [-0.2, -0.15) is 5.10 Å². The van der Waals surface area contributed by atoms with E-state index in [-0.39, 0.29) is 0 Å². The maximum Gasteiger partial charge on any atom is 0.195 e. The zero-order valence-electron chi connectivity index (χ0n) is 10.6. The van der Waals surface area contributed by atoms with Crippen molar-refractivity contribution in [1.29, 1.82) is 0 Å². The van der Waals surface area contributed by atoms with E-state index < -0.39 is 0 Å². The second-order valence-corrected chi connectivity index (χ2v) is 5.91. The summed E-state index contributed by atoms with van der Waals surface area (Å²) in [5.41, 5.74) is 0. The number of aromatic amines is 1. The molecule has 2 aromatic heterocycles. The maximum atomic E-state index is 5.25. The van der Waals surface area contributed by atoms with Gasteiger partial charge in [-0.3, -0.25) is 9.67 Å². The minimum absolute atomic E-state index is 0.513. The van der Waals surface area contributed by atoms with Gasteiger partial charge in [0.25, 0.3) is 0 Å². The number of ether oxygens (including phenoxy) is 1. The number of hydrogen-bond donors (Lipinski definition) is 1. The molecule has 5 nitrogen and oxygen atoms in total. The SMILES string of the molecule is COCc1ncc(-c2n[nH]c(=S)n2CC(C)C)s1. The van der Waals surface area contributed by atoms with Gasteiger partial charge >= 0.3 is 0 Å². The number of hydrogen-bond acceptors (Lipinski definition) is 5. The first kappa shape index (κ1) is 13.4. The molecule has 0 aromatic carbocycles. The van der Waals surface area contributed by atoms with Gasteiger partial charge in [0.1, 0.15) is 5.01 Å². The van der Waals surface area contributed by atoms with E-state index in [9.17, 15) is 0 Å². The molecule has 2 aromatic rings. The highest BCUT2D eigenvalue weighted by Crippen LogP contribution is 2.25. The van der Waals surface area contributed by atoms with Gasteiger partial charge in [-0.05, 0) is 18.1 Å². The molecule has 0 bridgehead atoms. The van der Waals surface area contributed by atoms with E-state index in [1.807, 2.05) is 10.8 Å². The van der Waals surface area contributed by atoms with Gasteiger partial charge in [0.05, 0.1) is 11.5 Å². The first-order valence-electron chi connectivity index (χ1n) is 5.71. The van der Waals surface area contributed by atoms with Crippen LogP contribution in [-0.4, -0.2) is 26.9 Å². The molecule has 0 atom stereocenters. The fourth-order valence-corrected chi connectivity index (χ4v) is 2.74. The Bertz CT molecular complexity index is 570. The second kappa shape index (κ2) is 5.73. The van der Waals surface area contributed by atoms with E-state index in [0.717, 1.165) is 22.3 Å². The summed E-state index contributed by atoms with van der Waals surface area (Å²) in [7, 11) is 1.66. The quantitative estimate of drug-likeness (QED) is 0.858. The number of nitrogens with one attached hydrogen (secondary N) is 1. The van der Waals surface area contributed by atoms with Crippen molar-refractivity contribution < 1.29 is 4.74 Å². The predicted molar refractivity (Wildman–Crippen MR) is 74.1 cm³/mol. The van der Waals surface area contributed by atoms with Crippen molar-refractivity contribution >= 4 is 23.6 Å². The Morgan fingerprint density at radius 1 is 1.56 bits per heavy atom. The lowest BCUT2D eigenvalue weighted by molar-refractivity contribution is 0.184. The maximum absolute atomic E-state index is 5.25. The molecular formula is C11H16N4OS2. The van der Waals surface area contributed by atoms with Crippen molar-refractivity contribution in [1.82, 2.24) is 19.7 Å². The zero-order chi connectivity index (χ0) is 13.1. The molecule has 18 heavy (non-hydrogen) atoms. The van der Waals surface area contributed by atoms with Crippen LogP contribution in [0.5, 0.6) is 0 Å². The highest BCUT2D eigenvalue weighted by atomic mass is 32.1. The largest absolute Gasteiger partial charge is 0.378 e. The average molecular weight is 284 g/mol. The molecule has 0 spiro atoms. The van der Waals surface area contributed by atoms with Gasteiger partial charge in [0.2, 0.25) is 0 Å². The number of H-pyrrole nitrogens is 1. The summed E-state index contributed by atoms with van der Waals surface area (Å²) < 4.78 is 7.74. The number of thiazole rings is 1. The molecule has 0 saturated carbocycles. The van der Waals surface area contributed by atoms with Crippen LogP contribution in [0.25, 0.3) is 10.7 Å². The monoisotopic (exact) mass is 284 g/mol. The molecule has 0 fully saturated rings. The normalized spacial score (nSPS) is 11.3. The van der Waals surface area contributed by atoms with E-state index in [0.29, 0.717) is 17.3 Å². The van der Waals surface area contributed by atoms with Crippen LogP contribution in [0.3, 0.4) is 0 Å². The summed E-state index contributed by atoms with van der Waals surface area (Å²) in [6.07, 6.45) is 1.82. The van der Waals surface area contributed by atoms with Gasteiger partial charge in [-0.1, -0.05) is 13.8 Å². The molecule has 0 radical (unpaired) electrons. The van der Waals surface area contributed by atoms with Gasteiger partial charge < -0.3 is 4.74 Å². The molecule has 2 heterocycles. The standard InChI is InChI=1S/C11H16N4OS2/c1-7(2)5-15-10(13-14-11(15)17)8-4-12-9(18-8)6-16-3/h4,7H,5-6H2,1-3H3,(H,14,17). The number of rotatable bonds is 5. The smallest absolute Gasteiger partial charge is 0.195 e. The fraction of sp³-hybridized carbons (Fsp3) is 0.545. The summed E-state index contributed by atoms with van der Waals surface area (Å²) in [5, 5.41) is 8.08. The topological polar surface area (TPSA) is 55.7 Å². The zero-order valence-corrected chi connectivity index (χ0v) is 12.3. The summed E-state index contributed by atoms with van der Waals surface area (Å²) >= 11 is 6.83. The molecule has 2 rings (SSSR count). The van der Waals surface area contributed by atoms with Crippen molar-refractivity contribution in [3.8, 4) is 10.7 Å². The molecule has 0 aliphatic rings. The van der Waals surface area contributed by atoms with Crippen molar-refractivity contribution in [2.75, 3.05) is 7.11 Å². The molecule has 0 unspecified atom stereocenters. The molecule has 98 valence electrons. The van der Waals surface area contributed by atoms with E-state index in [2.05, 4.69) is 29.0 Å². The summed E-state index contributed by atoms with van der Waals surface area (Å²) in [4.78, 5) is 5.31. The highest BCUT2D eigenvalue weighted by molar-refractivity contribution is 7.71. The van der Waals surface area contributed by atoms with E-state index >= 15 is 0 Å². The van der Waals surface area contributed by atoms with Crippen LogP contribution in [-0.2, 0) is 17.9 Å². The minimum Gasteiger partial charge on any atom is -0.378 e. The van der Waals surface area contributed by atoms with Gasteiger partial charge in [0, 0.05) is 19.9 Å². The van der Waals surface area contributed by atoms with Crippen LogP contribution >= 0.6 is 23.6 Å². The van der Waals surface area contributed by atoms with Gasteiger partial charge in [-0.25, -0.2) is 4.98 Å². The predicted octanol–water partition coefficient (Wildman–Crippen LogP) is 2.87. The van der Waals surface area contributed by atoms with Crippen molar-refractivity contribution in [2.24, 2.45) is 5.92 Å². The van der Waals surface area contributed by atoms with Crippen LogP contribution in [0.1, 0.15) is 18.9 Å². The molecule has 0 saturated heterocycles. The Hall–Kier alpha value is -1.05. The summed E-state index contributed by atoms with van der Waals surface area (Å²) in [6.45, 7) is 5.69. The molecule has 1 N–H and O–H groups in total. The summed E-state index contributed by atoms with van der Waals surface area (Å²) in [6, 6.07) is 0. The van der Waals surface area contributed by atoms with Crippen molar-refractivity contribution in [3.05, 3.63) is 16.0 Å². The molecular weight excluding hydrogens is 268 g/mol. The molecule has 0 amide bonds. The lowest BCUT2D eigenvalue weighted by Crippen LogP contribution is -2.05. The Labute approximate surface area is 115 Å². The molecule has 0 aliphatic carbocycles. The number of methoxy groups -OCH3 is 1. The van der Waals surface area contributed by atoms with Crippen LogP contribution in [0.15, 0.2) is 6.20 Å². The Morgan fingerprint density at radius 3 is 3.00 bits per heavy atom. The Kier molecular flexibility index (Phi) is 4.26. The third kappa shape index (κ3) is 2.85. The fourth-order valence-electron chi connectivity index (χ4n) is 1.64. The number of aromatic nitrogens is 4. The van der Waals surface area contributed by atoms with Crippen LogP contribution in [0, 0.1) is 10.7 Å². The lowest BCUT2D eigenvalue weighted by Gasteiger charge is -2.07. The third-order valence-electron chi connectivity index (χ3n) is 2.35. The van der Waals surface area contributed by atoms with Gasteiger partial charge in [0.15, 0.2) is 10.6 Å². The van der Waals surface area contributed by atoms with Crippen molar-refractivity contribution in [2.45, 2.75) is 27.0 Å². The minimum atomic E-state index is 0.513.